The molecule has 1 saturated heterocycles. The maximum absolute atomic E-state index is 9.68. The third kappa shape index (κ3) is 2.97. The lowest BCUT2D eigenvalue weighted by atomic mass is 9.91. The molecule has 1 aromatic carbocycles. The molecule has 0 radical (unpaired) electrons. The van der Waals surface area contributed by atoms with Crippen LogP contribution in [0.2, 0.25) is 0 Å². The van der Waals surface area contributed by atoms with Crippen LogP contribution < -0.4 is 4.74 Å². The Balaban J connectivity index is 1.55. The minimum Gasteiger partial charge on any atom is -0.493 e. The number of hydrogen-bond acceptors (Lipinski definition) is 4. The van der Waals surface area contributed by atoms with Crippen molar-refractivity contribution in [3.8, 4) is 5.75 Å². The zero-order valence-electron chi connectivity index (χ0n) is 11.8. The minimum absolute atomic E-state index is 0.116. The third-order valence-electron chi connectivity index (χ3n) is 4.52. The molecule has 0 aromatic heterocycles. The van der Waals surface area contributed by atoms with E-state index in [4.69, 9.17) is 9.84 Å². The third-order valence-corrected chi connectivity index (χ3v) is 4.52. The molecule has 0 bridgehead atoms. The van der Waals surface area contributed by atoms with Crippen molar-refractivity contribution >= 4 is 0 Å². The quantitative estimate of drug-likeness (QED) is 0.868. The van der Waals surface area contributed by atoms with E-state index in [2.05, 4.69) is 23.1 Å². The smallest absolute Gasteiger partial charge is 0.122 e. The van der Waals surface area contributed by atoms with Crippen molar-refractivity contribution < 1.29 is 14.9 Å². The molecular weight excluding hydrogens is 254 g/mol. The number of benzene rings is 1. The van der Waals surface area contributed by atoms with Crippen LogP contribution in [0.15, 0.2) is 18.2 Å². The molecule has 110 valence electrons. The molecule has 20 heavy (non-hydrogen) atoms. The van der Waals surface area contributed by atoms with Gasteiger partial charge in [-0.15, -0.1) is 0 Å². The average molecular weight is 277 g/mol. The Morgan fingerprint density at radius 1 is 1.30 bits per heavy atom. The summed E-state index contributed by atoms with van der Waals surface area (Å²) in [6.07, 6.45) is 2.41. The number of rotatable bonds is 4. The Bertz CT molecular complexity index is 455. The van der Waals surface area contributed by atoms with Gasteiger partial charge in [0, 0.05) is 13.0 Å². The van der Waals surface area contributed by atoms with E-state index in [9.17, 15) is 5.11 Å². The normalized spacial score (nSPS) is 21.5. The van der Waals surface area contributed by atoms with Crippen molar-refractivity contribution in [1.29, 1.82) is 0 Å². The monoisotopic (exact) mass is 277 g/mol. The summed E-state index contributed by atoms with van der Waals surface area (Å²) in [6.45, 7) is 3.65. The predicted octanol–water partition coefficient (Wildman–Crippen LogP) is 1.19. The first-order valence-electron chi connectivity index (χ1n) is 7.52. The Labute approximate surface area is 120 Å². The van der Waals surface area contributed by atoms with E-state index < -0.39 is 6.10 Å². The summed E-state index contributed by atoms with van der Waals surface area (Å²) in [4.78, 5) is 2.43. The lowest BCUT2D eigenvalue weighted by molar-refractivity contribution is 0.0172. The van der Waals surface area contributed by atoms with Gasteiger partial charge in [0.2, 0.25) is 0 Å². The molecule has 2 heterocycles. The summed E-state index contributed by atoms with van der Waals surface area (Å²) in [6, 6.07) is 6.50. The number of fused-ring (bicyclic) bond motifs is 1. The standard InChI is InChI=1S/C16H23NO3/c18-11-15(19)13-3-6-17(7-4-13)10-12-1-2-16-14(9-12)5-8-20-16/h1-2,9,13,15,18-19H,3-8,10-11H2. The Hall–Kier alpha value is -1.10. The second kappa shape index (κ2) is 6.12. The molecule has 3 rings (SSSR count). The molecule has 4 heteroatoms. The van der Waals surface area contributed by atoms with Crippen LogP contribution in [-0.4, -0.2) is 47.5 Å². The van der Waals surface area contributed by atoms with Crippen LogP contribution in [0.5, 0.6) is 5.75 Å². The van der Waals surface area contributed by atoms with Crippen LogP contribution >= 0.6 is 0 Å². The average Bonchev–Trinajstić information content (AvgIpc) is 2.95. The van der Waals surface area contributed by atoms with Gasteiger partial charge in [-0.25, -0.2) is 0 Å². The fourth-order valence-electron chi connectivity index (χ4n) is 3.24. The van der Waals surface area contributed by atoms with Gasteiger partial charge in [-0.1, -0.05) is 12.1 Å². The lowest BCUT2D eigenvalue weighted by Gasteiger charge is -2.33. The molecule has 2 aliphatic heterocycles. The lowest BCUT2D eigenvalue weighted by Crippen LogP contribution is -2.38. The van der Waals surface area contributed by atoms with Gasteiger partial charge in [0.05, 0.1) is 19.3 Å². The van der Waals surface area contributed by atoms with Crippen LogP contribution in [0.25, 0.3) is 0 Å². The Morgan fingerprint density at radius 2 is 2.10 bits per heavy atom. The maximum Gasteiger partial charge on any atom is 0.122 e. The second-order valence-corrected chi connectivity index (χ2v) is 5.90. The van der Waals surface area contributed by atoms with Crippen molar-refractivity contribution in [1.82, 2.24) is 4.90 Å². The summed E-state index contributed by atoms with van der Waals surface area (Å²) in [7, 11) is 0. The molecule has 1 atom stereocenters. The Kier molecular flexibility index (Phi) is 4.24. The van der Waals surface area contributed by atoms with E-state index in [1.54, 1.807) is 0 Å². The van der Waals surface area contributed by atoms with E-state index in [-0.39, 0.29) is 12.5 Å². The minimum atomic E-state index is -0.547. The molecule has 0 saturated carbocycles. The summed E-state index contributed by atoms with van der Waals surface area (Å²) in [5, 5.41) is 18.7. The molecule has 0 spiro atoms. The molecule has 0 aliphatic carbocycles. The number of aliphatic hydroxyl groups is 2. The summed E-state index contributed by atoms with van der Waals surface area (Å²) < 4.78 is 5.53. The highest BCUT2D eigenvalue weighted by Gasteiger charge is 2.24. The van der Waals surface area contributed by atoms with Crippen molar-refractivity contribution in [2.75, 3.05) is 26.3 Å². The predicted molar refractivity (Wildman–Crippen MR) is 76.7 cm³/mol. The summed E-state index contributed by atoms with van der Waals surface area (Å²) in [5.41, 5.74) is 2.67. The van der Waals surface area contributed by atoms with Crippen LogP contribution in [-0.2, 0) is 13.0 Å². The van der Waals surface area contributed by atoms with Crippen LogP contribution in [0.4, 0.5) is 0 Å². The SMILES string of the molecule is OCC(O)C1CCN(Cc2ccc3c(c2)CCO3)CC1. The van der Waals surface area contributed by atoms with Crippen molar-refractivity contribution in [3.63, 3.8) is 0 Å². The topological polar surface area (TPSA) is 52.9 Å². The van der Waals surface area contributed by atoms with Gasteiger partial charge < -0.3 is 14.9 Å². The molecule has 1 fully saturated rings. The number of piperidine rings is 1. The van der Waals surface area contributed by atoms with Gasteiger partial charge in [-0.05, 0) is 49.0 Å². The van der Waals surface area contributed by atoms with Gasteiger partial charge in [-0.2, -0.15) is 0 Å². The largest absolute Gasteiger partial charge is 0.493 e. The highest BCUT2D eigenvalue weighted by Crippen LogP contribution is 2.27. The van der Waals surface area contributed by atoms with E-state index >= 15 is 0 Å². The number of aliphatic hydroxyl groups excluding tert-OH is 2. The number of nitrogens with zero attached hydrogens (tertiary/aromatic N) is 1. The van der Waals surface area contributed by atoms with Crippen molar-refractivity contribution in [2.24, 2.45) is 5.92 Å². The second-order valence-electron chi connectivity index (χ2n) is 5.90. The number of likely N-dealkylation sites (tertiary alicyclic amines) is 1. The van der Waals surface area contributed by atoms with Crippen LogP contribution in [0.1, 0.15) is 24.0 Å². The van der Waals surface area contributed by atoms with Crippen LogP contribution in [0, 0.1) is 5.92 Å². The summed E-state index contributed by atoms with van der Waals surface area (Å²) >= 11 is 0. The van der Waals surface area contributed by atoms with E-state index in [1.807, 2.05) is 0 Å². The molecule has 4 nitrogen and oxygen atoms in total. The fraction of sp³-hybridized carbons (Fsp3) is 0.625. The molecule has 0 amide bonds. The number of hydrogen-bond donors (Lipinski definition) is 2. The molecule has 2 aliphatic rings. The first-order chi connectivity index (χ1) is 9.76. The number of ether oxygens (including phenoxy) is 1. The van der Waals surface area contributed by atoms with E-state index in [1.165, 1.54) is 11.1 Å². The van der Waals surface area contributed by atoms with Crippen molar-refractivity contribution in [3.05, 3.63) is 29.3 Å². The zero-order valence-corrected chi connectivity index (χ0v) is 11.8. The van der Waals surface area contributed by atoms with E-state index in [0.717, 1.165) is 51.3 Å². The van der Waals surface area contributed by atoms with Gasteiger partial charge >= 0.3 is 0 Å². The van der Waals surface area contributed by atoms with E-state index in [0.29, 0.717) is 0 Å². The molecule has 2 N–H and O–H groups in total. The molecule has 1 aromatic rings. The zero-order chi connectivity index (χ0) is 13.9. The van der Waals surface area contributed by atoms with Gasteiger partial charge in [0.1, 0.15) is 5.75 Å². The fourth-order valence-corrected chi connectivity index (χ4v) is 3.24. The van der Waals surface area contributed by atoms with Crippen LogP contribution in [0.3, 0.4) is 0 Å². The highest BCUT2D eigenvalue weighted by atomic mass is 16.5. The first kappa shape index (κ1) is 13.9. The van der Waals surface area contributed by atoms with Gasteiger partial charge in [0.25, 0.3) is 0 Å². The Morgan fingerprint density at radius 3 is 2.85 bits per heavy atom. The first-order valence-corrected chi connectivity index (χ1v) is 7.52. The molecule has 1 unspecified atom stereocenters. The summed E-state index contributed by atoms with van der Waals surface area (Å²) in [5.74, 6) is 1.29. The van der Waals surface area contributed by atoms with Gasteiger partial charge in [-0.3, -0.25) is 4.90 Å². The highest BCUT2D eigenvalue weighted by molar-refractivity contribution is 5.39. The van der Waals surface area contributed by atoms with Crippen molar-refractivity contribution in [2.45, 2.75) is 31.9 Å². The molecular formula is C16H23NO3. The van der Waals surface area contributed by atoms with Gasteiger partial charge in [0.15, 0.2) is 0 Å². The maximum atomic E-state index is 9.68.